The van der Waals surface area contributed by atoms with E-state index < -0.39 is 0 Å². The van der Waals surface area contributed by atoms with Gasteiger partial charge in [0.2, 0.25) is 0 Å². The van der Waals surface area contributed by atoms with Gasteiger partial charge in [0.15, 0.2) is 0 Å². The van der Waals surface area contributed by atoms with Crippen LogP contribution in [0.1, 0.15) is 91.9 Å². The molecule has 2 nitrogen and oxygen atoms in total. The summed E-state index contributed by atoms with van der Waals surface area (Å²) >= 11 is 0. The third-order valence-electron chi connectivity index (χ3n) is 9.02. The summed E-state index contributed by atoms with van der Waals surface area (Å²) in [6.45, 7) is 8.89. The van der Waals surface area contributed by atoms with E-state index in [9.17, 15) is 4.79 Å². The first-order valence-corrected chi connectivity index (χ1v) is 11.3. The average Bonchev–Trinajstić information content (AvgIpc) is 3.05. The first kappa shape index (κ1) is 18.6. The third kappa shape index (κ3) is 2.78. The van der Waals surface area contributed by atoms with Crippen LogP contribution in [0.15, 0.2) is 11.6 Å². The number of allylic oxidation sites excluding steroid dienone is 2. The second kappa shape index (κ2) is 6.67. The van der Waals surface area contributed by atoms with Crippen molar-refractivity contribution in [1.29, 1.82) is 0 Å². The number of esters is 1. The van der Waals surface area contributed by atoms with E-state index in [1.54, 1.807) is 5.57 Å². The van der Waals surface area contributed by atoms with E-state index in [-0.39, 0.29) is 18.0 Å². The summed E-state index contributed by atoms with van der Waals surface area (Å²) in [5.74, 6) is 2.85. The Bertz CT molecular complexity index is 591. The molecule has 26 heavy (non-hydrogen) atoms. The molecule has 0 unspecified atom stereocenters. The monoisotopic (exact) mass is 358 g/mol. The molecule has 0 spiro atoms. The molecule has 0 heterocycles. The second-order valence-corrected chi connectivity index (χ2v) is 10.3. The molecule has 0 aliphatic heterocycles. The Morgan fingerprint density at radius 2 is 2.00 bits per heavy atom. The zero-order valence-electron chi connectivity index (χ0n) is 17.4. The molecule has 4 rings (SSSR count). The Morgan fingerprint density at radius 3 is 2.73 bits per heavy atom. The molecule has 4 aliphatic rings. The third-order valence-corrected chi connectivity index (χ3v) is 9.02. The van der Waals surface area contributed by atoms with Crippen molar-refractivity contribution in [2.75, 3.05) is 0 Å². The van der Waals surface area contributed by atoms with Gasteiger partial charge in [-0.25, -0.2) is 0 Å². The molecule has 0 N–H and O–H groups in total. The average molecular weight is 359 g/mol. The minimum absolute atomic E-state index is 0.00315. The van der Waals surface area contributed by atoms with E-state index in [1.807, 2.05) is 13.8 Å². The maximum atomic E-state index is 12.5. The fourth-order valence-corrected chi connectivity index (χ4v) is 7.60. The smallest absolute Gasteiger partial charge is 0.309 e. The Hall–Kier alpha value is -0.790. The van der Waals surface area contributed by atoms with Crippen molar-refractivity contribution >= 4 is 5.97 Å². The summed E-state index contributed by atoms with van der Waals surface area (Å²) in [6.07, 6.45) is 15.7. The van der Waals surface area contributed by atoms with E-state index in [0.717, 1.165) is 30.6 Å². The fraction of sp³-hybridized carbons (Fsp3) is 0.875. The predicted octanol–water partition coefficient (Wildman–Crippen LogP) is 6.30. The number of carbonyl (C=O) groups is 1. The zero-order valence-corrected chi connectivity index (χ0v) is 17.4. The van der Waals surface area contributed by atoms with Gasteiger partial charge in [0.1, 0.15) is 0 Å². The Morgan fingerprint density at radius 1 is 1.19 bits per heavy atom. The summed E-state index contributed by atoms with van der Waals surface area (Å²) in [6, 6.07) is 0. The van der Waals surface area contributed by atoms with Gasteiger partial charge >= 0.3 is 5.97 Å². The predicted molar refractivity (Wildman–Crippen MR) is 106 cm³/mol. The van der Waals surface area contributed by atoms with Crippen LogP contribution in [0.25, 0.3) is 0 Å². The second-order valence-electron chi connectivity index (χ2n) is 10.3. The van der Waals surface area contributed by atoms with E-state index in [2.05, 4.69) is 19.9 Å². The van der Waals surface area contributed by atoms with Gasteiger partial charge in [-0.05, 0) is 93.8 Å². The normalized spacial score (nSPS) is 44.7. The molecule has 6 atom stereocenters. The highest BCUT2D eigenvalue weighted by molar-refractivity contribution is 5.73. The van der Waals surface area contributed by atoms with Crippen LogP contribution in [0.2, 0.25) is 0 Å². The molecule has 0 aromatic carbocycles. The number of hydrogen-bond donors (Lipinski definition) is 0. The highest BCUT2D eigenvalue weighted by atomic mass is 16.5. The van der Waals surface area contributed by atoms with Crippen LogP contribution in [0.4, 0.5) is 0 Å². The SMILES string of the molecule is CC[C@@]12CCC[C@H]1[C@@H]1CC=C3C[C@H](C(=O)OC(C)C)CC[C@]3(C)[C@H]1CC2. The zero-order chi connectivity index (χ0) is 18.5. The van der Waals surface area contributed by atoms with Crippen molar-refractivity contribution in [2.45, 2.75) is 98.0 Å². The molecular formula is C24H38O2. The topological polar surface area (TPSA) is 26.3 Å². The van der Waals surface area contributed by atoms with Gasteiger partial charge in [-0.15, -0.1) is 0 Å². The summed E-state index contributed by atoms with van der Waals surface area (Å²) in [5, 5.41) is 0. The van der Waals surface area contributed by atoms with Crippen LogP contribution >= 0.6 is 0 Å². The molecule has 146 valence electrons. The Kier molecular flexibility index (Phi) is 4.77. The highest BCUT2D eigenvalue weighted by Gasteiger charge is 2.56. The molecule has 0 bridgehead atoms. The van der Waals surface area contributed by atoms with E-state index in [1.165, 1.54) is 51.4 Å². The van der Waals surface area contributed by atoms with Crippen LogP contribution < -0.4 is 0 Å². The lowest BCUT2D eigenvalue weighted by atomic mass is 9.47. The number of fused-ring (bicyclic) bond motifs is 5. The lowest BCUT2D eigenvalue weighted by Gasteiger charge is -2.58. The van der Waals surface area contributed by atoms with Crippen molar-refractivity contribution in [2.24, 2.45) is 34.5 Å². The maximum Gasteiger partial charge on any atom is 0.309 e. The molecule has 4 aliphatic carbocycles. The summed E-state index contributed by atoms with van der Waals surface area (Å²) in [5.41, 5.74) is 2.61. The molecule has 0 aromatic rings. The maximum absolute atomic E-state index is 12.5. The minimum Gasteiger partial charge on any atom is -0.463 e. The van der Waals surface area contributed by atoms with E-state index in [4.69, 9.17) is 4.74 Å². The Labute approximate surface area is 160 Å². The van der Waals surface area contributed by atoms with Crippen LogP contribution in [-0.2, 0) is 9.53 Å². The van der Waals surface area contributed by atoms with Crippen LogP contribution in [0, 0.1) is 34.5 Å². The van der Waals surface area contributed by atoms with Gasteiger partial charge in [0.25, 0.3) is 0 Å². The molecular weight excluding hydrogens is 320 g/mol. The van der Waals surface area contributed by atoms with Gasteiger partial charge in [-0.2, -0.15) is 0 Å². The lowest BCUT2D eigenvalue weighted by molar-refractivity contribution is -0.154. The van der Waals surface area contributed by atoms with E-state index >= 15 is 0 Å². The summed E-state index contributed by atoms with van der Waals surface area (Å²) < 4.78 is 5.53. The first-order chi connectivity index (χ1) is 12.4. The fourth-order valence-electron chi connectivity index (χ4n) is 7.60. The van der Waals surface area contributed by atoms with Gasteiger partial charge < -0.3 is 4.74 Å². The van der Waals surface area contributed by atoms with Crippen LogP contribution in [-0.4, -0.2) is 12.1 Å². The number of rotatable bonds is 3. The quantitative estimate of drug-likeness (QED) is 0.437. The molecule has 0 amide bonds. The first-order valence-electron chi connectivity index (χ1n) is 11.3. The molecule has 3 fully saturated rings. The van der Waals surface area contributed by atoms with Gasteiger partial charge in [0, 0.05) is 0 Å². The highest BCUT2D eigenvalue weighted by Crippen LogP contribution is 2.66. The largest absolute Gasteiger partial charge is 0.463 e. The number of carbonyl (C=O) groups excluding carboxylic acids is 1. The number of hydrogen-bond acceptors (Lipinski definition) is 2. The molecule has 0 radical (unpaired) electrons. The molecule has 0 aromatic heterocycles. The minimum atomic E-state index is 0.00315. The van der Waals surface area contributed by atoms with Crippen LogP contribution in [0.5, 0.6) is 0 Å². The van der Waals surface area contributed by atoms with E-state index in [0.29, 0.717) is 10.8 Å². The standard InChI is InChI=1S/C24H38O2/c1-5-24-12-6-7-21(24)19-9-8-18-15-17(22(25)26-16(2)3)10-13-23(18,4)20(19)11-14-24/h8,16-17,19-21H,5-7,9-15H2,1-4H3/t17-,19-,20+,21+,23+,24+/m1/s1. The van der Waals surface area contributed by atoms with Gasteiger partial charge in [-0.3, -0.25) is 4.79 Å². The molecule has 2 heteroatoms. The van der Waals surface area contributed by atoms with Crippen LogP contribution in [0.3, 0.4) is 0 Å². The van der Waals surface area contributed by atoms with Crippen molar-refractivity contribution in [3.63, 3.8) is 0 Å². The number of ether oxygens (including phenoxy) is 1. The van der Waals surface area contributed by atoms with Gasteiger partial charge in [-0.1, -0.05) is 38.3 Å². The van der Waals surface area contributed by atoms with Crippen molar-refractivity contribution < 1.29 is 9.53 Å². The van der Waals surface area contributed by atoms with Gasteiger partial charge in [0.05, 0.1) is 12.0 Å². The summed E-state index contributed by atoms with van der Waals surface area (Å²) in [4.78, 5) is 12.5. The summed E-state index contributed by atoms with van der Waals surface area (Å²) in [7, 11) is 0. The van der Waals surface area contributed by atoms with Crippen molar-refractivity contribution in [3.05, 3.63) is 11.6 Å². The van der Waals surface area contributed by atoms with Crippen molar-refractivity contribution in [3.8, 4) is 0 Å². The van der Waals surface area contributed by atoms with Crippen molar-refractivity contribution in [1.82, 2.24) is 0 Å². The molecule has 0 saturated heterocycles. The molecule has 3 saturated carbocycles. The lowest BCUT2D eigenvalue weighted by Crippen LogP contribution is -2.49. The Balaban J connectivity index is 1.55.